The van der Waals surface area contributed by atoms with E-state index in [2.05, 4.69) is 5.32 Å². The third-order valence-corrected chi connectivity index (χ3v) is 6.69. The van der Waals surface area contributed by atoms with Gasteiger partial charge >= 0.3 is 6.18 Å². The molecule has 1 unspecified atom stereocenters. The summed E-state index contributed by atoms with van der Waals surface area (Å²) in [6.45, 7) is -1.59. The van der Waals surface area contributed by atoms with Gasteiger partial charge in [0, 0.05) is 16.2 Å². The molecule has 0 fully saturated rings. The number of nitrogens with one attached hydrogen (secondary N) is 1. The van der Waals surface area contributed by atoms with Gasteiger partial charge in [0.2, 0.25) is 13.6 Å². The minimum absolute atomic E-state index is 0.0150. The molecular weight excluding hydrogens is 512 g/mol. The molecule has 0 saturated carbocycles. The number of benzene rings is 4. The van der Waals surface area contributed by atoms with Gasteiger partial charge in [0.1, 0.15) is 5.54 Å². The largest absolute Gasteiger partial charge is 0.429 e. The van der Waals surface area contributed by atoms with Gasteiger partial charge in [0.15, 0.2) is 0 Å². The van der Waals surface area contributed by atoms with E-state index in [9.17, 15) is 23.3 Å². The Bertz CT molecular complexity index is 1290. The fraction of sp³-hybridized carbons (Fsp3) is 0.143. The molecule has 4 rings (SSSR count). The maximum absolute atomic E-state index is 14.8. The van der Waals surface area contributed by atoms with Crippen molar-refractivity contribution in [3.63, 3.8) is 0 Å². The summed E-state index contributed by atoms with van der Waals surface area (Å²) in [4.78, 5) is 10.5. The Morgan fingerprint density at radius 3 is 1.68 bits per heavy atom. The molecule has 0 heterocycles. The maximum Gasteiger partial charge on any atom is 0.429 e. The van der Waals surface area contributed by atoms with Crippen LogP contribution in [0.1, 0.15) is 22.3 Å². The van der Waals surface area contributed by atoms with Crippen LogP contribution in [0.15, 0.2) is 115 Å². The second kappa shape index (κ2) is 11.3. The molecule has 0 aliphatic rings. The van der Waals surface area contributed by atoms with Crippen LogP contribution in [0.25, 0.3) is 0 Å². The van der Waals surface area contributed by atoms with Crippen molar-refractivity contribution in [3.8, 4) is 0 Å². The maximum atomic E-state index is 14.8. The molecule has 0 bridgehead atoms. The number of nitro groups is 1. The highest BCUT2D eigenvalue weighted by Gasteiger charge is 2.63. The SMILES string of the molecule is [3H][B]SOC(C[N+](=O)[O-])(c1ccccc1NC(c1ccccc1)(c1ccccc1)c1ccccc1)C(F)(F)F. The van der Waals surface area contributed by atoms with E-state index >= 15 is 0 Å². The van der Waals surface area contributed by atoms with Gasteiger partial charge in [-0.25, -0.2) is 0 Å². The fourth-order valence-electron chi connectivity index (χ4n) is 4.64. The normalized spacial score (nSPS) is 13.7. The average Bonchev–Trinajstić information content (AvgIpc) is 2.95. The van der Waals surface area contributed by atoms with E-state index in [4.69, 9.17) is 5.52 Å². The molecule has 0 aliphatic carbocycles. The lowest BCUT2D eigenvalue weighted by Crippen LogP contribution is -2.50. The van der Waals surface area contributed by atoms with Crippen LogP contribution in [0.2, 0.25) is 0 Å². The molecule has 1 N–H and O–H groups in total. The Morgan fingerprint density at radius 2 is 1.26 bits per heavy atom. The number of alkyl halides is 3. The number of halogens is 3. The molecule has 1 radical (unpaired) electrons. The average molecular weight is 537 g/mol. The number of anilines is 1. The first-order valence-corrected chi connectivity index (χ1v) is 12.3. The quantitative estimate of drug-likeness (QED) is 0.0768. The smallest absolute Gasteiger partial charge is 0.368 e. The Labute approximate surface area is 225 Å². The van der Waals surface area contributed by atoms with Crippen LogP contribution in [0.3, 0.4) is 0 Å². The summed E-state index contributed by atoms with van der Waals surface area (Å²) in [6, 6.07) is 33.2. The van der Waals surface area contributed by atoms with Crippen LogP contribution in [-0.4, -0.2) is 26.1 Å². The zero-order valence-electron chi connectivity index (χ0n) is 21.0. The van der Waals surface area contributed by atoms with E-state index in [-0.39, 0.29) is 17.6 Å². The number of para-hydroxylation sites is 1. The van der Waals surface area contributed by atoms with E-state index in [1.807, 2.05) is 91.0 Å². The van der Waals surface area contributed by atoms with E-state index in [1.54, 1.807) is 6.07 Å². The van der Waals surface area contributed by atoms with Gasteiger partial charge in [-0.2, -0.15) is 13.2 Å². The predicted octanol–water partition coefficient (Wildman–Crippen LogP) is 6.61. The number of rotatable bonds is 11. The van der Waals surface area contributed by atoms with Gasteiger partial charge < -0.3 is 9.50 Å². The molecular formula is C28H23BF3N2O3S. The molecule has 193 valence electrons. The predicted molar refractivity (Wildman–Crippen MR) is 145 cm³/mol. The Balaban J connectivity index is 2.04. The summed E-state index contributed by atoms with van der Waals surface area (Å²) < 4.78 is 56.6. The highest BCUT2D eigenvalue weighted by molar-refractivity contribution is 8.15. The van der Waals surface area contributed by atoms with Crippen molar-refractivity contribution in [1.82, 2.24) is 0 Å². The molecule has 4 aromatic carbocycles. The van der Waals surface area contributed by atoms with E-state index < -0.39 is 34.3 Å². The summed E-state index contributed by atoms with van der Waals surface area (Å²) >= 11 is 0.0840. The Hall–Kier alpha value is -3.76. The fourth-order valence-corrected chi connectivity index (χ4v) is 5.04. The van der Waals surface area contributed by atoms with Crippen molar-refractivity contribution in [3.05, 3.63) is 148 Å². The topological polar surface area (TPSA) is 64.4 Å². The summed E-state index contributed by atoms with van der Waals surface area (Å²) in [5.41, 5.74) is -2.83. The molecule has 5 nitrogen and oxygen atoms in total. The molecule has 0 amide bonds. The van der Waals surface area contributed by atoms with Crippen LogP contribution in [0.4, 0.5) is 18.9 Å². The number of hydrogen-bond acceptors (Lipinski definition) is 5. The van der Waals surface area contributed by atoms with E-state index in [0.717, 1.165) is 22.8 Å². The summed E-state index contributed by atoms with van der Waals surface area (Å²) in [5, 5.41) is 15.0. The first-order valence-electron chi connectivity index (χ1n) is 12.1. The van der Waals surface area contributed by atoms with Crippen molar-refractivity contribution in [2.45, 2.75) is 17.3 Å². The third-order valence-electron chi connectivity index (χ3n) is 6.30. The van der Waals surface area contributed by atoms with Crippen molar-refractivity contribution in [2.24, 2.45) is 0 Å². The van der Waals surface area contributed by atoms with Crippen LogP contribution in [0.5, 0.6) is 0 Å². The zero-order chi connectivity index (χ0) is 27.9. The highest BCUT2D eigenvalue weighted by Crippen LogP contribution is 2.49. The monoisotopic (exact) mass is 537 g/mol. The van der Waals surface area contributed by atoms with Crippen LogP contribution in [0, 0.1) is 10.1 Å². The molecule has 4 aromatic rings. The molecule has 10 heteroatoms. The molecule has 0 aliphatic heterocycles. The van der Waals surface area contributed by atoms with Gasteiger partial charge in [0.05, 0.1) is 0 Å². The summed E-state index contributed by atoms with van der Waals surface area (Å²) in [5.74, 6) is 0. The van der Waals surface area contributed by atoms with Gasteiger partial charge in [-0.1, -0.05) is 121 Å². The lowest BCUT2D eigenvalue weighted by molar-refractivity contribution is -0.515. The molecule has 38 heavy (non-hydrogen) atoms. The molecule has 0 saturated heterocycles. The molecule has 0 spiro atoms. The second-order valence-electron chi connectivity index (χ2n) is 8.51. The lowest BCUT2D eigenvalue weighted by atomic mass is 9.76. The van der Waals surface area contributed by atoms with E-state index in [0.29, 0.717) is 7.09 Å². The summed E-state index contributed by atoms with van der Waals surface area (Å²) in [6.07, 6.45) is -5.19. The van der Waals surface area contributed by atoms with Gasteiger partial charge in [-0.05, 0) is 24.1 Å². The van der Waals surface area contributed by atoms with Gasteiger partial charge in [0.25, 0.3) is 5.60 Å². The van der Waals surface area contributed by atoms with Crippen molar-refractivity contribution >= 4 is 24.7 Å². The van der Waals surface area contributed by atoms with E-state index in [1.165, 1.54) is 12.1 Å². The second-order valence-corrected chi connectivity index (χ2v) is 8.87. The minimum Gasteiger partial charge on any atom is -0.368 e. The number of nitrogens with zero attached hydrogens (tertiary/aromatic N) is 1. The standard InChI is InChI=1S/C28H23BF3N2O3S/c29-38-37-26(20-34(35)36,28(30,31)32)24-18-10-11-19-25(24)33-27(21-12-4-1-5-13-21,22-14-6-2-7-15-22)23-16-8-3-9-17-23/h1-19,29,33H,20H2/i29T. The van der Waals surface area contributed by atoms with Crippen LogP contribution < -0.4 is 5.32 Å². The molecule has 1 atom stereocenters. The van der Waals surface area contributed by atoms with Crippen molar-refractivity contribution in [2.75, 3.05) is 11.9 Å². The Morgan fingerprint density at radius 1 is 0.816 bits per heavy atom. The lowest BCUT2D eigenvalue weighted by Gasteiger charge is -2.40. The minimum atomic E-state index is -5.19. The summed E-state index contributed by atoms with van der Waals surface area (Å²) in [7, 11) is 0.554. The zero-order valence-corrected chi connectivity index (χ0v) is 20.8. The third kappa shape index (κ3) is 5.14. The van der Waals surface area contributed by atoms with Crippen LogP contribution >= 0.6 is 11.9 Å². The van der Waals surface area contributed by atoms with Crippen molar-refractivity contribution < 1.29 is 22.3 Å². The first-order chi connectivity index (χ1) is 18.7. The first kappa shape index (κ1) is 25.9. The van der Waals surface area contributed by atoms with Gasteiger partial charge in [-0.15, -0.1) is 0 Å². The van der Waals surface area contributed by atoms with Gasteiger partial charge in [-0.3, -0.25) is 10.1 Å². The number of hydrogen-bond donors (Lipinski definition) is 1. The van der Waals surface area contributed by atoms with Crippen LogP contribution in [-0.2, 0) is 15.3 Å². The Kier molecular flexibility index (Phi) is 7.71. The highest BCUT2D eigenvalue weighted by atomic mass is 32.2. The molecule has 0 aromatic heterocycles. The van der Waals surface area contributed by atoms with Crippen molar-refractivity contribution in [1.29, 1.82) is 1.34 Å².